The number of hydrogen-bond acceptors (Lipinski definition) is 4. The third-order valence-corrected chi connectivity index (χ3v) is 7.80. The van der Waals surface area contributed by atoms with Crippen LogP contribution in [0.4, 0.5) is 0 Å². The second-order valence-electron chi connectivity index (χ2n) is 9.20. The summed E-state index contributed by atoms with van der Waals surface area (Å²) >= 11 is 1.84. The molecule has 0 spiro atoms. The molecule has 1 aromatic carbocycles. The van der Waals surface area contributed by atoms with E-state index in [1.165, 1.54) is 28.0 Å². The molecule has 0 amide bonds. The molecule has 1 aromatic heterocycles. The number of thiophene rings is 1. The lowest BCUT2D eigenvalue weighted by Gasteiger charge is -2.32. The van der Waals surface area contributed by atoms with E-state index in [1.807, 2.05) is 45.1 Å². The van der Waals surface area contributed by atoms with Crippen LogP contribution in [0.1, 0.15) is 90.7 Å². The highest BCUT2D eigenvalue weighted by atomic mass is 32.1. The molecule has 0 saturated carbocycles. The number of carbonyl (C=O) groups excluding carboxylic acids is 2. The summed E-state index contributed by atoms with van der Waals surface area (Å²) in [5, 5.41) is 0. The summed E-state index contributed by atoms with van der Waals surface area (Å²) in [6.45, 7) is 14.5. The number of benzene rings is 1. The first kappa shape index (κ1) is 24.3. The number of methoxy groups -OCH3 is 1. The molecule has 30 heavy (non-hydrogen) atoms. The molecule has 0 N–H and O–H groups in total. The van der Waals surface area contributed by atoms with Crippen LogP contribution in [-0.4, -0.2) is 18.9 Å². The fourth-order valence-electron chi connectivity index (χ4n) is 4.06. The van der Waals surface area contributed by atoms with Crippen molar-refractivity contribution < 1.29 is 14.3 Å². The minimum atomic E-state index is -0.296. The van der Waals surface area contributed by atoms with Gasteiger partial charge < -0.3 is 4.74 Å². The third kappa shape index (κ3) is 4.85. The van der Waals surface area contributed by atoms with Crippen molar-refractivity contribution in [3.8, 4) is 0 Å². The van der Waals surface area contributed by atoms with Gasteiger partial charge in [-0.15, -0.1) is 11.3 Å². The van der Waals surface area contributed by atoms with Gasteiger partial charge >= 0.3 is 5.97 Å². The number of aryl methyl sites for hydroxylation is 3. The van der Waals surface area contributed by atoms with Crippen LogP contribution < -0.4 is 0 Å². The maximum atomic E-state index is 12.4. The minimum absolute atomic E-state index is 0.0961. The second kappa shape index (κ2) is 9.47. The lowest BCUT2D eigenvalue weighted by molar-refractivity contribution is -0.126. The summed E-state index contributed by atoms with van der Waals surface area (Å²) in [5.41, 5.74) is 3.67. The predicted octanol–water partition coefficient (Wildman–Crippen LogP) is 6.81. The summed E-state index contributed by atoms with van der Waals surface area (Å²) in [7, 11) is 1.42. The smallest absolute Gasteiger partial charge is 0.338 e. The van der Waals surface area contributed by atoms with Crippen molar-refractivity contribution in [2.75, 3.05) is 7.11 Å². The molecule has 2 rings (SSSR count). The molecule has 3 nitrogen and oxygen atoms in total. The van der Waals surface area contributed by atoms with E-state index in [0.29, 0.717) is 17.8 Å². The van der Waals surface area contributed by atoms with Crippen LogP contribution in [0.2, 0.25) is 0 Å². The fourth-order valence-corrected chi connectivity index (χ4v) is 5.58. The van der Waals surface area contributed by atoms with Gasteiger partial charge in [-0.3, -0.25) is 4.79 Å². The largest absolute Gasteiger partial charge is 0.465 e. The van der Waals surface area contributed by atoms with Gasteiger partial charge in [0.1, 0.15) is 5.78 Å². The lowest BCUT2D eigenvalue weighted by atomic mass is 9.74. The molecule has 0 unspecified atom stereocenters. The highest BCUT2D eigenvalue weighted by Crippen LogP contribution is 2.44. The van der Waals surface area contributed by atoms with E-state index in [1.54, 1.807) is 0 Å². The van der Waals surface area contributed by atoms with E-state index >= 15 is 0 Å². The van der Waals surface area contributed by atoms with Gasteiger partial charge in [0, 0.05) is 27.0 Å². The van der Waals surface area contributed by atoms with Crippen LogP contribution in [0.3, 0.4) is 0 Å². The number of Topliss-reactive ketones (excluding diaryl/α,β-unsaturated/α-hetero) is 1. The monoisotopic (exact) mass is 428 g/mol. The first-order valence-corrected chi connectivity index (χ1v) is 11.6. The Morgan fingerprint density at radius 3 is 2.13 bits per heavy atom. The van der Waals surface area contributed by atoms with Crippen molar-refractivity contribution in [1.82, 2.24) is 0 Å². The van der Waals surface area contributed by atoms with Crippen molar-refractivity contribution in [3.05, 3.63) is 56.3 Å². The highest BCUT2D eigenvalue weighted by molar-refractivity contribution is 7.12. The number of ketones is 1. The van der Waals surface area contributed by atoms with Crippen LogP contribution in [-0.2, 0) is 21.4 Å². The zero-order chi connectivity index (χ0) is 22.7. The molecular weight excluding hydrogens is 392 g/mol. The van der Waals surface area contributed by atoms with Crippen LogP contribution in [0.25, 0.3) is 0 Å². The number of esters is 1. The molecule has 4 heteroatoms. The van der Waals surface area contributed by atoms with Crippen molar-refractivity contribution in [2.24, 2.45) is 5.41 Å². The Bertz CT molecular complexity index is 911. The summed E-state index contributed by atoms with van der Waals surface area (Å²) in [6, 6.07) is 8.40. The molecule has 0 radical (unpaired) electrons. The molecule has 164 valence electrons. The lowest BCUT2D eigenvalue weighted by Crippen LogP contribution is -2.25. The maximum absolute atomic E-state index is 12.4. The van der Waals surface area contributed by atoms with Crippen molar-refractivity contribution >= 4 is 23.1 Å². The Labute approximate surface area is 185 Å². The Morgan fingerprint density at radius 1 is 1.00 bits per heavy atom. The van der Waals surface area contributed by atoms with Crippen molar-refractivity contribution in [1.29, 1.82) is 0 Å². The van der Waals surface area contributed by atoms with Crippen LogP contribution in [0.15, 0.2) is 24.3 Å². The van der Waals surface area contributed by atoms with E-state index in [4.69, 9.17) is 4.74 Å². The van der Waals surface area contributed by atoms with Crippen molar-refractivity contribution in [2.45, 2.75) is 79.6 Å². The molecular formula is C26H36O3S. The summed E-state index contributed by atoms with van der Waals surface area (Å²) in [6.07, 6.45) is 3.33. The Kier molecular flexibility index (Phi) is 7.68. The molecule has 0 aliphatic rings. The number of rotatable bonds is 8. The number of hydrogen-bond donors (Lipinski definition) is 0. The molecule has 0 bridgehead atoms. The first-order valence-electron chi connectivity index (χ1n) is 10.8. The average Bonchev–Trinajstić information content (AvgIpc) is 3.07. The van der Waals surface area contributed by atoms with Gasteiger partial charge in [-0.05, 0) is 61.9 Å². The van der Waals surface area contributed by atoms with E-state index in [9.17, 15) is 9.59 Å². The Balaban J connectivity index is 2.42. The zero-order valence-electron chi connectivity index (χ0n) is 19.8. The summed E-state index contributed by atoms with van der Waals surface area (Å²) < 4.78 is 4.90. The average molecular weight is 429 g/mol. The Hall–Kier alpha value is -1.94. The molecule has 1 heterocycles. The van der Waals surface area contributed by atoms with Gasteiger partial charge in [0.25, 0.3) is 0 Å². The normalized spacial score (nSPS) is 12.1. The van der Waals surface area contributed by atoms with Gasteiger partial charge in [-0.25, -0.2) is 4.79 Å². The van der Waals surface area contributed by atoms with Gasteiger partial charge in [-0.2, -0.15) is 0 Å². The molecule has 2 aromatic rings. The SMILES string of the molecule is CCC(CC)(c1ccc(C(=O)OC)c(C)c1)c1cc(C)c(CCC(=O)C(C)(C)C)s1. The first-order chi connectivity index (χ1) is 14.0. The van der Waals surface area contributed by atoms with Gasteiger partial charge in [0.05, 0.1) is 12.7 Å². The molecule has 0 fully saturated rings. The van der Waals surface area contributed by atoms with Gasteiger partial charge in [0.15, 0.2) is 0 Å². The number of ether oxygens (including phenoxy) is 1. The topological polar surface area (TPSA) is 43.4 Å². The van der Waals surface area contributed by atoms with E-state index < -0.39 is 0 Å². The van der Waals surface area contributed by atoms with Gasteiger partial charge in [0.2, 0.25) is 0 Å². The predicted molar refractivity (Wildman–Crippen MR) is 126 cm³/mol. The number of carbonyl (C=O) groups is 2. The summed E-state index contributed by atoms with van der Waals surface area (Å²) in [5.74, 6) is 0.0125. The van der Waals surface area contributed by atoms with E-state index in [-0.39, 0.29) is 16.8 Å². The summed E-state index contributed by atoms with van der Waals surface area (Å²) in [4.78, 5) is 27.0. The third-order valence-electron chi connectivity index (χ3n) is 6.30. The van der Waals surface area contributed by atoms with E-state index in [2.05, 4.69) is 39.0 Å². The molecule has 0 saturated heterocycles. The Morgan fingerprint density at radius 2 is 1.63 bits per heavy atom. The highest BCUT2D eigenvalue weighted by Gasteiger charge is 2.33. The van der Waals surface area contributed by atoms with Gasteiger partial charge in [-0.1, -0.05) is 46.8 Å². The maximum Gasteiger partial charge on any atom is 0.338 e. The molecule has 0 atom stereocenters. The molecule has 0 aliphatic carbocycles. The zero-order valence-corrected chi connectivity index (χ0v) is 20.6. The van der Waals surface area contributed by atoms with Crippen molar-refractivity contribution in [3.63, 3.8) is 0 Å². The van der Waals surface area contributed by atoms with Crippen LogP contribution in [0.5, 0.6) is 0 Å². The quantitative estimate of drug-likeness (QED) is 0.434. The second-order valence-corrected chi connectivity index (χ2v) is 10.3. The minimum Gasteiger partial charge on any atom is -0.465 e. The van der Waals surface area contributed by atoms with E-state index in [0.717, 1.165) is 24.8 Å². The van der Waals surface area contributed by atoms with Crippen LogP contribution >= 0.6 is 11.3 Å². The fraction of sp³-hybridized carbons (Fsp3) is 0.538. The van der Waals surface area contributed by atoms with Crippen LogP contribution in [0, 0.1) is 19.3 Å². The molecule has 0 aliphatic heterocycles. The standard InChI is InChI=1S/C26H36O3S/c1-9-26(10-2,19-11-12-20(17(3)15-19)24(28)29-8)23-16-18(4)21(30-23)13-14-22(27)25(5,6)7/h11-12,15-16H,9-10,13-14H2,1-8H3.